The SMILES string of the molecule is CN(CC1CCCCO1)C(=O)Nc1ccccc1. The van der Waals surface area contributed by atoms with Gasteiger partial charge in [0.1, 0.15) is 0 Å². The van der Waals surface area contributed by atoms with E-state index in [0.717, 1.165) is 25.1 Å². The summed E-state index contributed by atoms with van der Waals surface area (Å²) in [4.78, 5) is 13.6. The van der Waals surface area contributed by atoms with Crippen LogP contribution in [0.1, 0.15) is 19.3 Å². The van der Waals surface area contributed by atoms with E-state index < -0.39 is 0 Å². The van der Waals surface area contributed by atoms with Gasteiger partial charge in [0.25, 0.3) is 0 Å². The molecule has 0 radical (unpaired) electrons. The maximum absolute atomic E-state index is 11.9. The zero-order valence-electron chi connectivity index (χ0n) is 10.8. The maximum atomic E-state index is 11.9. The van der Waals surface area contributed by atoms with E-state index in [1.165, 1.54) is 6.42 Å². The zero-order valence-corrected chi connectivity index (χ0v) is 10.8. The molecule has 1 unspecified atom stereocenters. The fourth-order valence-electron chi connectivity index (χ4n) is 2.08. The number of para-hydroxylation sites is 1. The van der Waals surface area contributed by atoms with Crippen molar-refractivity contribution < 1.29 is 9.53 Å². The van der Waals surface area contributed by atoms with Crippen molar-refractivity contribution in [3.05, 3.63) is 30.3 Å². The largest absolute Gasteiger partial charge is 0.376 e. The van der Waals surface area contributed by atoms with Gasteiger partial charge in [-0.05, 0) is 31.4 Å². The van der Waals surface area contributed by atoms with Gasteiger partial charge in [0, 0.05) is 25.9 Å². The second-order valence-electron chi connectivity index (χ2n) is 4.67. The Hall–Kier alpha value is -1.55. The van der Waals surface area contributed by atoms with Crippen molar-refractivity contribution in [2.45, 2.75) is 25.4 Å². The maximum Gasteiger partial charge on any atom is 0.321 e. The molecule has 2 amide bonds. The van der Waals surface area contributed by atoms with Gasteiger partial charge in [-0.3, -0.25) is 0 Å². The molecular weight excluding hydrogens is 228 g/mol. The van der Waals surface area contributed by atoms with Gasteiger partial charge < -0.3 is 15.0 Å². The number of hydrogen-bond acceptors (Lipinski definition) is 2. The average Bonchev–Trinajstić information content (AvgIpc) is 2.41. The van der Waals surface area contributed by atoms with Crippen LogP contribution in [-0.2, 0) is 4.74 Å². The van der Waals surface area contributed by atoms with Gasteiger partial charge in [-0.1, -0.05) is 18.2 Å². The number of urea groups is 1. The minimum absolute atomic E-state index is 0.0876. The summed E-state index contributed by atoms with van der Waals surface area (Å²) in [6.45, 7) is 1.47. The molecule has 1 aliphatic heterocycles. The van der Waals surface area contributed by atoms with E-state index in [2.05, 4.69) is 5.32 Å². The van der Waals surface area contributed by atoms with E-state index in [1.54, 1.807) is 11.9 Å². The number of carbonyl (C=O) groups is 1. The lowest BCUT2D eigenvalue weighted by molar-refractivity contribution is 0.00463. The Morgan fingerprint density at radius 2 is 2.17 bits per heavy atom. The lowest BCUT2D eigenvalue weighted by atomic mass is 10.1. The van der Waals surface area contributed by atoms with E-state index in [9.17, 15) is 4.79 Å². The number of hydrogen-bond donors (Lipinski definition) is 1. The molecular formula is C14H20N2O2. The van der Waals surface area contributed by atoms with Gasteiger partial charge in [-0.2, -0.15) is 0 Å². The van der Waals surface area contributed by atoms with Crippen LogP contribution in [0.4, 0.5) is 10.5 Å². The number of nitrogens with zero attached hydrogens (tertiary/aromatic N) is 1. The third-order valence-electron chi connectivity index (χ3n) is 3.12. The van der Waals surface area contributed by atoms with E-state index in [4.69, 9.17) is 4.74 Å². The van der Waals surface area contributed by atoms with Crippen molar-refractivity contribution in [2.24, 2.45) is 0 Å². The molecule has 0 saturated carbocycles. The van der Waals surface area contributed by atoms with Crippen LogP contribution in [0.5, 0.6) is 0 Å². The number of benzene rings is 1. The van der Waals surface area contributed by atoms with Crippen LogP contribution in [-0.4, -0.2) is 37.2 Å². The highest BCUT2D eigenvalue weighted by atomic mass is 16.5. The van der Waals surface area contributed by atoms with Crippen molar-refractivity contribution in [1.29, 1.82) is 0 Å². The van der Waals surface area contributed by atoms with Gasteiger partial charge in [0.15, 0.2) is 0 Å². The molecule has 2 rings (SSSR count). The first kappa shape index (κ1) is 12.9. The second-order valence-corrected chi connectivity index (χ2v) is 4.67. The first-order valence-corrected chi connectivity index (χ1v) is 6.44. The molecule has 0 aromatic heterocycles. The molecule has 1 aliphatic rings. The number of carbonyl (C=O) groups excluding carboxylic acids is 1. The highest BCUT2D eigenvalue weighted by Gasteiger charge is 2.18. The molecule has 1 atom stereocenters. The summed E-state index contributed by atoms with van der Waals surface area (Å²) < 4.78 is 5.63. The number of anilines is 1. The molecule has 0 bridgehead atoms. The Kier molecular flexibility index (Phi) is 4.59. The monoisotopic (exact) mass is 248 g/mol. The van der Waals surface area contributed by atoms with Crippen LogP contribution < -0.4 is 5.32 Å². The van der Waals surface area contributed by atoms with Crippen molar-refractivity contribution >= 4 is 11.7 Å². The van der Waals surface area contributed by atoms with Crippen molar-refractivity contribution in [1.82, 2.24) is 4.90 Å². The Morgan fingerprint density at radius 3 is 2.83 bits per heavy atom. The number of likely N-dealkylation sites (N-methyl/N-ethyl adjacent to an activating group) is 1. The molecule has 4 nitrogen and oxygen atoms in total. The van der Waals surface area contributed by atoms with Gasteiger partial charge in [0.2, 0.25) is 0 Å². The highest BCUT2D eigenvalue weighted by Crippen LogP contribution is 2.14. The average molecular weight is 248 g/mol. The fourth-order valence-corrected chi connectivity index (χ4v) is 2.08. The normalized spacial score (nSPS) is 19.3. The molecule has 0 spiro atoms. The molecule has 1 heterocycles. The van der Waals surface area contributed by atoms with E-state index in [-0.39, 0.29) is 12.1 Å². The molecule has 1 fully saturated rings. The minimum atomic E-state index is -0.0876. The highest BCUT2D eigenvalue weighted by molar-refractivity contribution is 5.89. The summed E-state index contributed by atoms with van der Waals surface area (Å²) >= 11 is 0. The summed E-state index contributed by atoms with van der Waals surface area (Å²) in [5.41, 5.74) is 0.818. The summed E-state index contributed by atoms with van der Waals surface area (Å²) in [5, 5.41) is 2.86. The minimum Gasteiger partial charge on any atom is -0.376 e. The summed E-state index contributed by atoms with van der Waals surface area (Å²) in [6, 6.07) is 9.40. The quantitative estimate of drug-likeness (QED) is 0.893. The van der Waals surface area contributed by atoms with Crippen LogP contribution in [0, 0.1) is 0 Å². The smallest absolute Gasteiger partial charge is 0.321 e. The van der Waals surface area contributed by atoms with E-state index in [0.29, 0.717) is 6.54 Å². The summed E-state index contributed by atoms with van der Waals surface area (Å²) in [5.74, 6) is 0. The molecule has 1 aromatic carbocycles. The lowest BCUT2D eigenvalue weighted by Gasteiger charge is -2.27. The molecule has 98 valence electrons. The summed E-state index contributed by atoms with van der Waals surface area (Å²) in [7, 11) is 1.80. The van der Waals surface area contributed by atoms with Crippen molar-refractivity contribution in [2.75, 3.05) is 25.5 Å². The second kappa shape index (κ2) is 6.40. The Morgan fingerprint density at radius 1 is 1.39 bits per heavy atom. The first-order valence-electron chi connectivity index (χ1n) is 6.44. The van der Waals surface area contributed by atoms with Gasteiger partial charge in [0.05, 0.1) is 6.10 Å². The van der Waals surface area contributed by atoms with Crippen LogP contribution in [0.25, 0.3) is 0 Å². The molecule has 18 heavy (non-hydrogen) atoms. The van der Waals surface area contributed by atoms with E-state index in [1.807, 2.05) is 30.3 Å². The third-order valence-corrected chi connectivity index (χ3v) is 3.12. The Balaban J connectivity index is 1.81. The topological polar surface area (TPSA) is 41.6 Å². The van der Waals surface area contributed by atoms with Gasteiger partial charge >= 0.3 is 6.03 Å². The molecule has 0 aliphatic carbocycles. The Labute approximate surface area is 108 Å². The molecule has 1 aromatic rings. The standard InChI is InChI=1S/C14H20N2O2/c1-16(11-13-9-5-6-10-18-13)14(17)15-12-7-3-2-4-8-12/h2-4,7-8,13H,5-6,9-11H2,1H3,(H,15,17). The predicted octanol–water partition coefficient (Wildman–Crippen LogP) is 2.72. The number of rotatable bonds is 3. The third kappa shape index (κ3) is 3.74. The van der Waals surface area contributed by atoms with Crippen LogP contribution in [0.15, 0.2) is 30.3 Å². The zero-order chi connectivity index (χ0) is 12.8. The lowest BCUT2D eigenvalue weighted by Crippen LogP contribution is -2.39. The molecule has 1 saturated heterocycles. The van der Waals surface area contributed by atoms with Crippen molar-refractivity contribution in [3.8, 4) is 0 Å². The van der Waals surface area contributed by atoms with Gasteiger partial charge in [-0.25, -0.2) is 4.79 Å². The number of ether oxygens (including phenoxy) is 1. The number of nitrogens with one attached hydrogen (secondary N) is 1. The Bertz CT molecular complexity index is 375. The van der Waals surface area contributed by atoms with Crippen LogP contribution in [0.2, 0.25) is 0 Å². The van der Waals surface area contributed by atoms with Gasteiger partial charge in [-0.15, -0.1) is 0 Å². The van der Waals surface area contributed by atoms with Crippen LogP contribution in [0.3, 0.4) is 0 Å². The summed E-state index contributed by atoms with van der Waals surface area (Å²) in [6.07, 6.45) is 3.56. The van der Waals surface area contributed by atoms with Crippen molar-refractivity contribution in [3.63, 3.8) is 0 Å². The molecule has 1 N–H and O–H groups in total. The van der Waals surface area contributed by atoms with Crippen LogP contribution >= 0.6 is 0 Å². The first-order chi connectivity index (χ1) is 8.75. The fraction of sp³-hybridized carbons (Fsp3) is 0.500. The predicted molar refractivity (Wildman–Crippen MR) is 71.7 cm³/mol. The molecule has 4 heteroatoms. The number of amides is 2. The van der Waals surface area contributed by atoms with E-state index >= 15 is 0 Å².